The van der Waals surface area contributed by atoms with Gasteiger partial charge in [-0.15, -0.1) is 0 Å². The molecular formula is C19H21NO3. The van der Waals surface area contributed by atoms with E-state index in [0.717, 1.165) is 11.1 Å². The number of carbonyl (C=O) groups excluding carboxylic acids is 1. The number of carbonyl (C=O) groups is 1. The van der Waals surface area contributed by atoms with Crippen molar-refractivity contribution in [3.8, 4) is 11.5 Å². The van der Waals surface area contributed by atoms with E-state index in [1.807, 2.05) is 55.5 Å². The molecule has 0 aliphatic carbocycles. The smallest absolute Gasteiger partial charge is 0.244 e. The van der Waals surface area contributed by atoms with Crippen molar-refractivity contribution >= 4 is 12.0 Å². The molecule has 2 rings (SSSR count). The van der Waals surface area contributed by atoms with Gasteiger partial charge in [-0.1, -0.05) is 36.4 Å². The first-order valence-electron chi connectivity index (χ1n) is 7.53. The summed E-state index contributed by atoms with van der Waals surface area (Å²) in [4.78, 5) is 11.9. The van der Waals surface area contributed by atoms with Crippen molar-refractivity contribution < 1.29 is 14.3 Å². The standard InChI is InChI=1S/C19H21NO3/c1-3-23-18-13-15(9-11-17(18)22-2)10-12-19(21)20-14-16-7-5-4-6-8-16/h4-13H,3,14H2,1-2H3,(H,20,21)/b12-10+. The Bertz CT molecular complexity index is 666. The zero-order chi connectivity index (χ0) is 16.5. The molecule has 2 aromatic carbocycles. The Hall–Kier alpha value is -2.75. The van der Waals surface area contributed by atoms with Gasteiger partial charge < -0.3 is 14.8 Å². The molecule has 23 heavy (non-hydrogen) atoms. The summed E-state index contributed by atoms with van der Waals surface area (Å²) < 4.78 is 10.8. The summed E-state index contributed by atoms with van der Waals surface area (Å²) in [6.45, 7) is 2.98. The first-order valence-corrected chi connectivity index (χ1v) is 7.53. The first kappa shape index (κ1) is 16.6. The van der Waals surface area contributed by atoms with Crippen molar-refractivity contribution in [1.29, 1.82) is 0 Å². The van der Waals surface area contributed by atoms with Crippen molar-refractivity contribution in [2.45, 2.75) is 13.5 Å². The summed E-state index contributed by atoms with van der Waals surface area (Å²) in [6, 6.07) is 15.3. The van der Waals surface area contributed by atoms with Gasteiger partial charge in [0, 0.05) is 12.6 Å². The minimum atomic E-state index is -0.136. The Morgan fingerprint density at radius 2 is 1.91 bits per heavy atom. The highest BCUT2D eigenvalue weighted by atomic mass is 16.5. The van der Waals surface area contributed by atoms with Gasteiger partial charge in [-0.2, -0.15) is 0 Å². The second-order valence-electron chi connectivity index (χ2n) is 4.88. The van der Waals surface area contributed by atoms with Crippen LogP contribution in [0.5, 0.6) is 11.5 Å². The Labute approximate surface area is 136 Å². The van der Waals surface area contributed by atoms with Crippen LogP contribution in [0.15, 0.2) is 54.6 Å². The lowest BCUT2D eigenvalue weighted by atomic mass is 10.2. The maximum Gasteiger partial charge on any atom is 0.244 e. The molecule has 0 atom stereocenters. The third-order valence-corrected chi connectivity index (χ3v) is 3.22. The summed E-state index contributed by atoms with van der Waals surface area (Å²) in [5.41, 5.74) is 1.95. The second-order valence-corrected chi connectivity index (χ2v) is 4.88. The van der Waals surface area contributed by atoms with E-state index in [-0.39, 0.29) is 5.91 Å². The molecule has 1 N–H and O–H groups in total. The molecule has 4 heteroatoms. The topological polar surface area (TPSA) is 47.6 Å². The van der Waals surface area contributed by atoms with Gasteiger partial charge in [-0.05, 0) is 36.3 Å². The van der Waals surface area contributed by atoms with Crippen LogP contribution in [-0.4, -0.2) is 19.6 Å². The lowest BCUT2D eigenvalue weighted by molar-refractivity contribution is -0.116. The fourth-order valence-electron chi connectivity index (χ4n) is 2.08. The molecule has 0 aromatic heterocycles. The van der Waals surface area contributed by atoms with Crippen molar-refractivity contribution in [3.05, 3.63) is 65.7 Å². The molecule has 0 unspecified atom stereocenters. The molecule has 1 amide bonds. The van der Waals surface area contributed by atoms with Crippen molar-refractivity contribution in [1.82, 2.24) is 5.32 Å². The fourth-order valence-corrected chi connectivity index (χ4v) is 2.08. The maximum atomic E-state index is 11.9. The van der Waals surface area contributed by atoms with Crippen molar-refractivity contribution in [2.75, 3.05) is 13.7 Å². The first-order chi connectivity index (χ1) is 11.2. The van der Waals surface area contributed by atoms with Gasteiger partial charge in [0.15, 0.2) is 11.5 Å². The van der Waals surface area contributed by atoms with Crippen LogP contribution in [-0.2, 0) is 11.3 Å². The predicted octanol–water partition coefficient (Wildman–Crippen LogP) is 3.42. The number of methoxy groups -OCH3 is 1. The minimum absolute atomic E-state index is 0.136. The largest absolute Gasteiger partial charge is 0.493 e. The van der Waals surface area contributed by atoms with Crippen LogP contribution in [0.25, 0.3) is 6.08 Å². The molecule has 0 spiro atoms. The summed E-state index contributed by atoms with van der Waals surface area (Å²) in [5.74, 6) is 1.21. The monoisotopic (exact) mass is 311 g/mol. The van der Waals surface area contributed by atoms with Gasteiger partial charge in [-0.25, -0.2) is 0 Å². The van der Waals surface area contributed by atoms with E-state index in [1.54, 1.807) is 13.2 Å². The van der Waals surface area contributed by atoms with E-state index < -0.39 is 0 Å². The van der Waals surface area contributed by atoms with Crippen LogP contribution in [0.1, 0.15) is 18.1 Å². The molecule has 2 aromatic rings. The molecule has 0 radical (unpaired) electrons. The molecule has 0 heterocycles. The van der Waals surface area contributed by atoms with Crippen LogP contribution in [0.2, 0.25) is 0 Å². The zero-order valence-electron chi connectivity index (χ0n) is 13.4. The molecule has 0 aliphatic heterocycles. The fraction of sp³-hybridized carbons (Fsp3) is 0.211. The number of benzene rings is 2. The third kappa shape index (κ3) is 5.18. The van der Waals surface area contributed by atoms with Crippen LogP contribution in [0.4, 0.5) is 0 Å². The molecule has 0 aliphatic rings. The number of hydrogen-bond acceptors (Lipinski definition) is 3. The minimum Gasteiger partial charge on any atom is -0.493 e. The van der Waals surface area contributed by atoms with E-state index in [0.29, 0.717) is 24.7 Å². The van der Waals surface area contributed by atoms with E-state index >= 15 is 0 Å². The zero-order valence-corrected chi connectivity index (χ0v) is 13.4. The normalized spacial score (nSPS) is 10.5. The predicted molar refractivity (Wildman–Crippen MR) is 91.5 cm³/mol. The Kier molecular flexibility index (Phi) is 6.24. The molecule has 0 fully saturated rings. The molecule has 120 valence electrons. The number of ether oxygens (including phenoxy) is 2. The Morgan fingerprint density at radius 1 is 1.13 bits per heavy atom. The van der Waals surface area contributed by atoms with Crippen LogP contribution in [0.3, 0.4) is 0 Å². The van der Waals surface area contributed by atoms with Crippen LogP contribution >= 0.6 is 0 Å². The average molecular weight is 311 g/mol. The van der Waals surface area contributed by atoms with Gasteiger partial charge in [0.05, 0.1) is 13.7 Å². The van der Waals surface area contributed by atoms with E-state index in [1.165, 1.54) is 6.08 Å². The highest BCUT2D eigenvalue weighted by molar-refractivity contribution is 5.91. The van der Waals surface area contributed by atoms with Gasteiger partial charge in [0.2, 0.25) is 5.91 Å². The van der Waals surface area contributed by atoms with Gasteiger partial charge >= 0.3 is 0 Å². The number of rotatable bonds is 7. The van der Waals surface area contributed by atoms with E-state index in [4.69, 9.17) is 9.47 Å². The molecular weight excluding hydrogens is 290 g/mol. The van der Waals surface area contributed by atoms with Crippen molar-refractivity contribution in [2.24, 2.45) is 0 Å². The maximum absolute atomic E-state index is 11.9. The van der Waals surface area contributed by atoms with Gasteiger partial charge in [0.25, 0.3) is 0 Å². The number of amides is 1. The van der Waals surface area contributed by atoms with E-state index in [9.17, 15) is 4.79 Å². The summed E-state index contributed by atoms with van der Waals surface area (Å²) >= 11 is 0. The lowest BCUT2D eigenvalue weighted by Gasteiger charge is -2.09. The van der Waals surface area contributed by atoms with E-state index in [2.05, 4.69) is 5.32 Å². The Morgan fingerprint density at radius 3 is 2.61 bits per heavy atom. The SMILES string of the molecule is CCOc1cc(/C=C/C(=O)NCc2ccccc2)ccc1OC. The highest BCUT2D eigenvalue weighted by Gasteiger charge is 2.04. The molecule has 0 bridgehead atoms. The highest BCUT2D eigenvalue weighted by Crippen LogP contribution is 2.28. The van der Waals surface area contributed by atoms with Crippen LogP contribution in [0, 0.1) is 0 Å². The Balaban J connectivity index is 1.96. The lowest BCUT2D eigenvalue weighted by Crippen LogP contribution is -2.20. The summed E-state index contributed by atoms with van der Waals surface area (Å²) in [5, 5.41) is 2.85. The average Bonchev–Trinajstić information content (AvgIpc) is 2.59. The van der Waals surface area contributed by atoms with Gasteiger partial charge in [-0.3, -0.25) is 4.79 Å². The third-order valence-electron chi connectivity index (χ3n) is 3.22. The number of nitrogens with one attached hydrogen (secondary N) is 1. The molecule has 0 saturated heterocycles. The van der Waals surface area contributed by atoms with Crippen molar-refractivity contribution in [3.63, 3.8) is 0 Å². The summed E-state index contributed by atoms with van der Waals surface area (Å²) in [7, 11) is 1.60. The second kappa shape index (κ2) is 8.63. The van der Waals surface area contributed by atoms with Crippen LogP contribution < -0.4 is 14.8 Å². The summed E-state index contributed by atoms with van der Waals surface area (Å²) in [6.07, 6.45) is 3.27. The number of hydrogen-bond donors (Lipinski definition) is 1. The quantitative estimate of drug-likeness (QED) is 0.797. The molecule has 0 saturated carbocycles. The van der Waals surface area contributed by atoms with Gasteiger partial charge in [0.1, 0.15) is 0 Å². The molecule has 4 nitrogen and oxygen atoms in total.